The molecule has 3 aliphatic rings. The Morgan fingerprint density at radius 3 is 3.00 bits per heavy atom. The summed E-state index contributed by atoms with van der Waals surface area (Å²) in [6, 6.07) is 0.407. The molecule has 3 aliphatic heterocycles. The second-order valence-electron chi connectivity index (χ2n) is 6.53. The van der Waals surface area contributed by atoms with Crippen LogP contribution in [-0.4, -0.2) is 60.5 Å². The van der Waals surface area contributed by atoms with Crippen LogP contribution in [0.15, 0.2) is 12.7 Å². The number of carbonyl (C=O) groups is 2. The lowest BCUT2D eigenvalue weighted by molar-refractivity contribution is -0.129. The van der Waals surface area contributed by atoms with Gasteiger partial charge in [0, 0.05) is 44.6 Å². The van der Waals surface area contributed by atoms with E-state index in [-0.39, 0.29) is 12.1 Å². The molecule has 0 aromatic carbocycles. The van der Waals surface area contributed by atoms with E-state index < -0.39 is 0 Å². The number of carbonyl (C=O) groups excluding carboxylic acids is 2. The van der Waals surface area contributed by atoms with Crippen LogP contribution in [0.2, 0.25) is 0 Å². The van der Waals surface area contributed by atoms with Crippen LogP contribution in [0.25, 0.3) is 0 Å². The van der Waals surface area contributed by atoms with Crippen molar-refractivity contribution in [3.63, 3.8) is 0 Å². The third-order valence-electron chi connectivity index (χ3n) is 5.34. The Hall–Kier alpha value is -1.36. The number of Topliss-reactive ketones (excluding diaryl/α,β-unsaturated/α-hetero) is 1. The van der Waals surface area contributed by atoms with Gasteiger partial charge in [0.1, 0.15) is 5.78 Å². The predicted octanol–water partition coefficient (Wildman–Crippen LogP) is 1.68. The second kappa shape index (κ2) is 5.79. The van der Waals surface area contributed by atoms with Gasteiger partial charge in [0.05, 0.1) is 7.11 Å². The molecule has 3 saturated heterocycles. The molecule has 4 atom stereocenters. The van der Waals surface area contributed by atoms with Gasteiger partial charge in [0.15, 0.2) is 0 Å². The Kier molecular flexibility index (Phi) is 4.02. The molecule has 2 unspecified atom stereocenters. The second-order valence-corrected chi connectivity index (χ2v) is 6.53. The lowest BCUT2D eigenvalue weighted by Crippen LogP contribution is -2.64. The van der Waals surface area contributed by atoms with Crippen molar-refractivity contribution < 1.29 is 14.3 Å². The summed E-state index contributed by atoms with van der Waals surface area (Å²) >= 11 is 0. The summed E-state index contributed by atoms with van der Waals surface area (Å²) in [6.07, 6.45) is 4.84. The van der Waals surface area contributed by atoms with Crippen molar-refractivity contribution in [3.8, 4) is 0 Å². The number of likely N-dealkylation sites (tertiary alicyclic amines) is 1. The zero-order valence-corrected chi connectivity index (χ0v) is 12.7. The molecule has 3 fully saturated rings. The quantitative estimate of drug-likeness (QED) is 0.727. The average Bonchev–Trinajstić information content (AvgIpc) is 2.49. The number of amides is 1. The number of nitrogens with zero attached hydrogens (tertiary/aromatic N) is 2. The first-order valence-corrected chi connectivity index (χ1v) is 7.85. The minimum Gasteiger partial charge on any atom is -0.453 e. The molecular formula is C16H24N2O3. The monoisotopic (exact) mass is 292 g/mol. The zero-order chi connectivity index (χ0) is 15.0. The van der Waals surface area contributed by atoms with Gasteiger partial charge >= 0.3 is 6.09 Å². The first kappa shape index (κ1) is 14.6. The molecule has 21 heavy (non-hydrogen) atoms. The summed E-state index contributed by atoms with van der Waals surface area (Å²) in [6.45, 7) is 6.49. The van der Waals surface area contributed by atoms with E-state index in [4.69, 9.17) is 4.74 Å². The van der Waals surface area contributed by atoms with Crippen molar-refractivity contribution in [1.82, 2.24) is 9.80 Å². The first-order chi connectivity index (χ1) is 10.1. The van der Waals surface area contributed by atoms with Gasteiger partial charge in [0.25, 0.3) is 0 Å². The molecule has 1 amide bonds. The Labute approximate surface area is 125 Å². The minimum atomic E-state index is -0.243. The van der Waals surface area contributed by atoms with E-state index >= 15 is 0 Å². The van der Waals surface area contributed by atoms with E-state index in [0.717, 1.165) is 32.5 Å². The van der Waals surface area contributed by atoms with Crippen LogP contribution in [0.3, 0.4) is 0 Å². The fourth-order valence-corrected chi connectivity index (χ4v) is 4.49. The van der Waals surface area contributed by atoms with Crippen molar-refractivity contribution in [3.05, 3.63) is 12.7 Å². The van der Waals surface area contributed by atoms with E-state index in [9.17, 15) is 9.59 Å². The van der Waals surface area contributed by atoms with Gasteiger partial charge in [-0.15, -0.1) is 6.58 Å². The maximum Gasteiger partial charge on any atom is 0.409 e. The molecule has 0 aliphatic carbocycles. The SMILES string of the molecule is C=CCC1[C@H]2C[C@@H](CN3CCC(=O)CC23)CN1C(=O)OC. The van der Waals surface area contributed by atoms with Gasteiger partial charge in [0.2, 0.25) is 0 Å². The van der Waals surface area contributed by atoms with Crippen LogP contribution in [0.1, 0.15) is 25.7 Å². The van der Waals surface area contributed by atoms with E-state index in [2.05, 4.69) is 11.5 Å². The average molecular weight is 292 g/mol. The molecule has 0 saturated carbocycles. The molecule has 2 bridgehead atoms. The van der Waals surface area contributed by atoms with Crippen molar-refractivity contribution >= 4 is 11.9 Å². The molecule has 0 aromatic heterocycles. The predicted molar refractivity (Wildman–Crippen MR) is 78.9 cm³/mol. The summed E-state index contributed by atoms with van der Waals surface area (Å²) in [5.41, 5.74) is 0. The maximum atomic E-state index is 12.1. The molecule has 0 aromatic rings. The highest BCUT2D eigenvalue weighted by Gasteiger charge is 2.48. The number of fused-ring (bicyclic) bond motifs is 4. The number of ether oxygens (including phenoxy) is 1. The Bertz CT molecular complexity index is 451. The third-order valence-corrected chi connectivity index (χ3v) is 5.34. The maximum absolute atomic E-state index is 12.1. The van der Waals surface area contributed by atoms with Crippen LogP contribution in [0.4, 0.5) is 4.79 Å². The molecule has 3 rings (SSSR count). The molecule has 0 spiro atoms. The van der Waals surface area contributed by atoms with Gasteiger partial charge < -0.3 is 9.64 Å². The number of ketones is 1. The smallest absolute Gasteiger partial charge is 0.409 e. The Morgan fingerprint density at radius 1 is 1.48 bits per heavy atom. The van der Waals surface area contributed by atoms with Crippen molar-refractivity contribution in [2.75, 3.05) is 26.7 Å². The lowest BCUT2D eigenvalue weighted by Gasteiger charge is -2.55. The molecular weight excluding hydrogens is 268 g/mol. The van der Waals surface area contributed by atoms with Crippen LogP contribution in [0, 0.1) is 11.8 Å². The molecule has 3 heterocycles. The number of piperidine rings is 3. The van der Waals surface area contributed by atoms with E-state index in [1.807, 2.05) is 11.0 Å². The normalized spacial score (nSPS) is 36.0. The summed E-state index contributed by atoms with van der Waals surface area (Å²) in [5.74, 6) is 1.22. The highest BCUT2D eigenvalue weighted by Crippen LogP contribution is 2.41. The molecule has 5 heteroatoms. The molecule has 5 nitrogen and oxygen atoms in total. The minimum absolute atomic E-state index is 0.116. The summed E-state index contributed by atoms with van der Waals surface area (Å²) in [5, 5.41) is 0. The van der Waals surface area contributed by atoms with Crippen LogP contribution in [0.5, 0.6) is 0 Å². The van der Waals surface area contributed by atoms with Crippen LogP contribution >= 0.6 is 0 Å². The van der Waals surface area contributed by atoms with E-state index in [1.165, 1.54) is 7.11 Å². The van der Waals surface area contributed by atoms with Gasteiger partial charge in [-0.05, 0) is 24.7 Å². The highest BCUT2D eigenvalue weighted by molar-refractivity contribution is 5.80. The van der Waals surface area contributed by atoms with Crippen molar-refractivity contribution in [1.29, 1.82) is 0 Å². The Balaban J connectivity index is 1.86. The molecule has 0 N–H and O–H groups in total. The first-order valence-electron chi connectivity index (χ1n) is 7.85. The molecule has 0 radical (unpaired) electrons. The summed E-state index contributed by atoms with van der Waals surface area (Å²) < 4.78 is 4.96. The lowest BCUT2D eigenvalue weighted by atomic mass is 9.71. The number of hydrogen-bond donors (Lipinski definition) is 0. The van der Waals surface area contributed by atoms with Crippen LogP contribution in [-0.2, 0) is 9.53 Å². The fourth-order valence-electron chi connectivity index (χ4n) is 4.49. The zero-order valence-electron chi connectivity index (χ0n) is 12.7. The topological polar surface area (TPSA) is 49.9 Å². The largest absolute Gasteiger partial charge is 0.453 e. The molecule has 116 valence electrons. The third kappa shape index (κ3) is 2.59. The summed E-state index contributed by atoms with van der Waals surface area (Å²) in [7, 11) is 1.44. The number of rotatable bonds is 2. The van der Waals surface area contributed by atoms with Gasteiger partial charge in [-0.3, -0.25) is 9.69 Å². The van der Waals surface area contributed by atoms with E-state index in [1.54, 1.807) is 0 Å². The Morgan fingerprint density at radius 2 is 2.29 bits per heavy atom. The van der Waals surface area contributed by atoms with Crippen molar-refractivity contribution in [2.24, 2.45) is 11.8 Å². The van der Waals surface area contributed by atoms with Gasteiger partial charge in [-0.1, -0.05) is 6.08 Å². The van der Waals surface area contributed by atoms with Crippen molar-refractivity contribution in [2.45, 2.75) is 37.8 Å². The van der Waals surface area contributed by atoms with E-state index in [0.29, 0.717) is 36.5 Å². The number of hydrogen-bond acceptors (Lipinski definition) is 4. The van der Waals surface area contributed by atoms with Gasteiger partial charge in [-0.2, -0.15) is 0 Å². The number of methoxy groups -OCH3 is 1. The fraction of sp³-hybridized carbons (Fsp3) is 0.750. The van der Waals surface area contributed by atoms with Gasteiger partial charge in [-0.25, -0.2) is 4.79 Å². The summed E-state index contributed by atoms with van der Waals surface area (Å²) in [4.78, 5) is 28.3. The van der Waals surface area contributed by atoms with Crippen LogP contribution < -0.4 is 0 Å². The highest BCUT2D eigenvalue weighted by atomic mass is 16.5. The standard InChI is InChI=1S/C16H24N2O3/c1-3-4-14-13-7-11(10-18(14)16(20)21-2)9-17-6-5-12(19)8-15(13)17/h3,11,13-15H,1,4-10H2,2H3/t11-,13+,14?,15?/m0/s1.